The van der Waals surface area contributed by atoms with Crippen LogP contribution in [0.2, 0.25) is 0 Å². The lowest BCUT2D eigenvalue weighted by Gasteiger charge is -2.27. The molecule has 126 valence electrons. The Balaban J connectivity index is 1.79. The molecule has 1 aliphatic rings. The van der Waals surface area contributed by atoms with E-state index in [0.29, 0.717) is 0 Å². The molecule has 0 radical (unpaired) electrons. The second-order valence-electron chi connectivity index (χ2n) is 6.43. The Hall–Kier alpha value is -2.29. The summed E-state index contributed by atoms with van der Waals surface area (Å²) in [7, 11) is 3.33. The minimum absolute atomic E-state index is 0.192. The van der Waals surface area contributed by atoms with Gasteiger partial charge in [0.1, 0.15) is 11.5 Å². The molecule has 0 aromatic heterocycles. The zero-order chi connectivity index (χ0) is 16.8. The number of nitrogens with zero attached hydrogens (tertiary/aromatic N) is 1. The molecule has 2 aromatic rings. The highest BCUT2D eigenvalue weighted by atomic mass is 16.5. The van der Waals surface area contributed by atoms with Crippen molar-refractivity contribution in [2.75, 3.05) is 20.8 Å². The average molecular weight is 323 g/mol. The Bertz CT molecular complexity index is 688. The Labute approximate surface area is 144 Å². The first-order valence-corrected chi connectivity index (χ1v) is 8.55. The van der Waals surface area contributed by atoms with E-state index in [1.807, 2.05) is 24.4 Å². The number of aliphatic imine (C=N–C) groups is 1. The second-order valence-corrected chi connectivity index (χ2v) is 6.43. The van der Waals surface area contributed by atoms with E-state index >= 15 is 0 Å². The SMILES string of the molecule is COc1ccc(C=NCC2(c3ccccc3)CCCC2)c(OC)c1. The molecule has 0 bridgehead atoms. The quantitative estimate of drug-likeness (QED) is 0.725. The highest BCUT2D eigenvalue weighted by Gasteiger charge is 2.35. The van der Waals surface area contributed by atoms with Crippen LogP contribution in [0.15, 0.2) is 53.5 Å². The minimum atomic E-state index is 0.192. The Kier molecular flexibility index (Phi) is 5.19. The van der Waals surface area contributed by atoms with E-state index in [2.05, 4.69) is 30.3 Å². The maximum absolute atomic E-state index is 5.45. The molecule has 0 amide bonds. The lowest BCUT2D eigenvalue weighted by Crippen LogP contribution is -2.25. The van der Waals surface area contributed by atoms with Gasteiger partial charge in [-0.3, -0.25) is 4.99 Å². The van der Waals surface area contributed by atoms with E-state index in [9.17, 15) is 0 Å². The molecule has 3 heteroatoms. The van der Waals surface area contributed by atoms with E-state index in [1.54, 1.807) is 14.2 Å². The van der Waals surface area contributed by atoms with Crippen LogP contribution in [0.3, 0.4) is 0 Å². The molecule has 3 nitrogen and oxygen atoms in total. The summed E-state index contributed by atoms with van der Waals surface area (Å²) in [5.41, 5.74) is 2.60. The first-order valence-electron chi connectivity index (χ1n) is 8.55. The fourth-order valence-corrected chi connectivity index (χ4v) is 3.63. The molecule has 2 aromatic carbocycles. The predicted molar refractivity (Wildman–Crippen MR) is 98.6 cm³/mol. The summed E-state index contributed by atoms with van der Waals surface area (Å²) in [4.78, 5) is 4.79. The van der Waals surface area contributed by atoms with Crippen LogP contribution in [-0.4, -0.2) is 27.0 Å². The lowest BCUT2D eigenvalue weighted by molar-refractivity contribution is 0.394. The van der Waals surface area contributed by atoms with Crippen LogP contribution < -0.4 is 9.47 Å². The van der Waals surface area contributed by atoms with E-state index < -0.39 is 0 Å². The van der Waals surface area contributed by atoms with Crippen molar-refractivity contribution >= 4 is 6.21 Å². The third kappa shape index (κ3) is 3.45. The van der Waals surface area contributed by atoms with Gasteiger partial charge in [-0.1, -0.05) is 43.2 Å². The van der Waals surface area contributed by atoms with Crippen molar-refractivity contribution in [1.82, 2.24) is 0 Å². The van der Waals surface area contributed by atoms with Gasteiger partial charge in [-0.15, -0.1) is 0 Å². The molecule has 1 fully saturated rings. The van der Waals surface area contributed by atoms with Crippen LogP contribution in [0.25, 0.3) is 0 Å². The largest absolute Gasteiger partial charge is 0.497 e. The number of methoxy groups -OCH3 is 2. The average Bonchev–Trinajstić information content (AvgIpc) is 3.12. The third-order valence-corrected chi connectivity index (χ3v) is 5.01. The van der Waals surface area contributed by atoms with Gasteiger partial charge in [0.15, 0.2) is 0 Å². The normalized spacial score (nSPS) is 16.4. The second kappa shape index (κ2) is 7.52. The van der Waals surface area contributed by atoms with E-state index in [-0.39, 0.29) is 5.41 Å². The number of benzene rings is 2. The monoisotopic (exact) mass is 323 g/mol. The van der Waals surface area contributed by atoms with Gasteiger partial charge in [0, 0.05) is 29.8 Å². The van der Waals surface area contributed by atoms with Gasteiger partial charge < -0.3 is 9.47 Å². The number of hydrogen-bond acceptors (Lipinski definition) is 3. The van der Waals surface area contributed by atoms with Gasteiger partial charge >= 0.3 is 0 Å². The van der Waals surface area contributed by atoms with Crippen molar-refractivity contribution < 1.29 is 9.47 Å². The van der Waals surface area contributed by atoms with E-state index in [4.69, 9.17) is 14.5 Å². The standard InChI is InChI=1S/C21H25NO2/c1-23-19-11-10-17(20(14-19)24-2)15-22-16-21(12-6-7-13-21)18-8-4-3-5-9-18/h3-5,8-11,14-15H,6-7,12-13,16H2,1-2H3. The van der Waals surface area contributed by atoms with Crippen molar-refractivity contribution in [2.24, 2.45) is 4.99 Å². The molecule has 1 aliphatic carbocycles. The molecular weight excluding hydrogens is 298 g/mol. The fourth-order valence-electron chi connectivity index (χ4n) is 3.63. The van der Waals surface area contributed by atoms with Gasteiger partial charge in [-0.2, -0.15) is 0 Å². The predicted octanol–water partition coefficient (Wildman–Crippen LogP) is 4.63. The first kappa shape index (κ1) is 16.6. The Morgan fingerprint density at radius 3 is 2.42 bits per heavy atom. The number of hydrogen-bond donors (Lipinski definition) is 0. The molecule has 0 N–H and O–H groups in total. The van der Waals surface area contributed by atoms with Gasteiger partial charge in [0.05, 0.1) is 14.2 Å². The van der Waals surface area contributed by atoms with Gasteiger partial charge in [0.25, 0.3) is 0 Å². The first-order chi connectivity index (χ1) is 11.8. The lowest BCUT2D eigenvalue weighted by atomic mass is 9.79. The van der Waals surface area contributed by atoms with Gasteiger partial charge in [0.2, 0.25) is 0 Å². The van der Waals surface area contributed by atoms with Crippen molar-refractivity contribution in [3.05, 3.63) is 59.7 Å². The highest BCUT2D eigenvalue weighted by Crippen LogP contribution is 2.41. The van der Waals surface area contributed by atoms with E-state index in [1.165, 1.54) is 31.2 Å². The smallest absolute Gasteiger partial charge is 0.131 e. The molecule has 0 heterocycles. The maximum atomic E-state index is 5.45. The molecule has 0 spiro atoms. The van der Waals surface area contributed by atoms with Crippen molar-refractivity contribution in [3.8, 4) is 11.5 Å². The topological polar surface area (TPSA) is 30.8 Å². The van der Waals surface area contributed by atoms with Crippen LogP contribution in [0.4, 0.5) is 0 Å². The van der Waals surface area contributed by atoms with Crippen molar-refractivity contribution in [2.45, 2.75) is 31.1 Å². The minimum Gasteiger partial charge on any atom is -0.497 e. The zero-order valence-corrected chi connectivity index (χ0v) is 14.5. The summed E-state index contributed by atoms with van der Waals surface area (Å²) in [6, 6.07) is 16.7. The molecule has 3 rings (SSSR count). The molecule has 1 saturated carbocycles. The molecule has 0 atom stereocenters. The highest BCUT2D eigenvalue weighted by molar-refractivity contribution is 5.84. The molecule has 0 unspecified atom stereocenters. The Morgan fingerprint density at radius 2 is 1.75 bits per heavy atom. The third-order valence-electron chi connectivity index (χ3n) is 5.01. The summed E-state index contributed by atoms with van der Waals surface area (Å²) < 4.78 is 10.7. The van der Waals surface area contributed by atoms with Crippen LogP contribution in [-0.2, 0) is 5.41 Å². The molecule has 24 heavy (non-hydrogen) atoms. The van der Waals surface area contributed by atoms with Crippen LogP contribution in [0, 0.1) is 0 Å². The van der Waals surface area contributed by atoms with Gasteiger partial charge in [-0.05, 0) is 30.5 Å². The van der Waals surface area contributed by atoms with E-state index in [0.717, 1.165) is 23.6 Å². The Morgan fingerprint density at radius 1 is 1.00 bits per heavy atom. The van der Waals surface area contributed by atoms with Crippen molar-refractivity contribution in [1.29, 1.82) is 0 Å². The molecule has 0 aliphatic heterocycles. The fraction of sp³-hybridized carbons (Fsp3) is 0.381. The van der Waals surface area contributed by atoms with Crippen LogP contribution >= 0.6 is 0 Å². The zero-order valence-electron chi connectivity index (χ0n) is 14.5. The van der Waals surface area contributed by atoms with Crippen molar-refractivity contribution in [3.63, 3.8) is 0 Å². The summed E-state index contributed by atoms with van der Waals surface area (Å²) in [5.74, 6) is 1.58. The molecular formula is C21H25NO2. The molecule has 0 saturated heterocycles. The number of ether oxygens (including phenoxy) is 2. The maximum Gasteiger partial charge on any atom is 0.131 e. The summed E-state index contributed by atoms with van der Waals surface area (Å²) >= 11 is 0. The van der Waals surface area contributed by atoms with Gasteiger partial charge in [-0.25, -0.2) is 0 Å². The van der Waals surface area contributed by atoms with Crippen LogP contribution in [0.1, 0.15) is 36.8 Å². The summed E-state index contributed by atoms with van der Waals surface area (Å²) in [6.45, 7) is 0.826. The number of rotatable bonds is 6. The van der Waals surface area contributed by atoms with Crippen LogP contribution in [0.5, 0.6) is 11.5 Å². The summed E-state index contributed by atoms with van der Waals surface area (Å²) in [5, 5.41) is 0. The summed E-state index contributed by atoms with van der Waals surface area (Å²) in [6.07, 6.45) is 6.94.